The summed E-state index contributed by atoms with van der Waals surface area (Å²) < 4.78 is 19.7. The Labute approximate surface area is 127 Å². The quantitative estimate of drug-likeness (QED) is 0.873. The maximum atomic E-state index is 14.0. The van der Waals surface area contributed by atoms with Gasteiger partial charge in [0.2, 0.25) is 0 Å². The minimum atomic E-state index is -0.135. The molecule has 4 atom stereocenters. The first kappa shape index (κ1) is 16.4. The van der Waals surface area contributed by atoms with Crippen molar-refractivity contribution in [3.63, 3.8) is 0 Å². The molecule has 4 unspecified atom stereocenters. The van der Waals surface area contributed by atoms with Crippen LogP contribution in [0.5, 0.6) is 0 Å². The van der Waals surface area contributed by atoms with Gasteiger partial charge in [-0.15, -0.1) is 0 Å². The lowest BCUT2D eigenvalue weighted by atomic mass is 9.93. The molecule has 4 heteroatoms. The Hall–Kier alpha value is -0.970. The Balaban J connectivity index is 2.03. The molecule has 0 spiro atoms. The van der Waals surface area contributed by atoms with Gasteiger partial charge in [0.1, 0.15) is 5.82 Å². The van der Waals surface area contributed by atoms with E-state index in [2.05, 4.69) is 31.1 Å². The van der Waals surface area contributed by atoms with Crippen LogP contribution in [0.1, 0.15) is 31.9 Å². The normalized spacial score (nSPS) is 25.2. The number of hydrogen-bond acceptors (Lipinski definition) is 3. The highest BCUT2D eigenvalue weighted by Crippen LogP contribution is 2.26. The van der Waals surface area contributed by atoms with E-state index in [1.54, 1.807) is 6.07 Å². The van der Waals surface area contributed by atoms with E-state index in [0.717, 1.165) is 25.1 Å². The Morgan fingerprint density at radius 2 is 2.14 bits per heavy atom. The topological polar surface area (TPSA) is 24.5 Å². The predicted octanol–water partition coefficient (Wildman–Crippen LogP) is 2.83. The lowest BCUT2D eigenvalue weighted by molar-refractivity contribution is 0.0766. The number of nitrogens with zero attached hydrogens (tertiary/aromatic N) is 1. The Kier molecular flexibility index (Phi) is 5.73. The van der Waals surface area contributed by atoms with Gasteiger partial charge in [-0.3, -0.25) is 0 Å². The summed E-state index contributed by atoms with van der Waals surface area (Å²) in [4.78, 5) is 2.35. The summed E-state index contributed by atoms with van der Waals surface area (Å²) in [6, 6.07) is 7.51. The van der Waals surface area contributed by atoms with Gasteiger partial charge in [-0.05, 0) is 39.4 Å². The van der Waals surface area contributed by atoms with Gasteiger partial charge in [0.05, 0.1) is 6.10 Å². The minimum Gasteiger partial charge on any atom is -0.377 e. The second kappa shape index (κ2) is 7.34. The summed E-state index contributed by atoms with van der Waals surface area (Å²) in [5.41, 5.74) is 0.747. The van der Waals surface area contributed by atoms with E-state index in [0.29, 0.717) is 12.0 Å². The Morgan fingerprint density at radius 1 is 1.43 bits per heavy atom. The van der Waals surface area contributed by atoms with Crippen molar-refractivity contribution in [2.75, 3.05) is 27.2 Å². The van der Waals surface area contributed by atoms with Crippen LogP contribution in [-0.2, 0) is 4.74 Å². The average molecular weight is 294 g/mol. The third kappa shape index (κ3) is 3.82. The van der Waals surface area contributed by atoms with Crippen LogP contribution < -0.4 is 5.32 Å². The maximum absolute atomic E-state index is 14.0. The summed E-state index contributed by atoms with van der Waals surface area (Å²) in [6.07, 6.45) is 1.36. The lowest BCUT2D eigenvalue weighted by Gasteiger charge is -2.32. The number of hydrogen-bond donors (Lipinski definition) is 1. The monoisotopic (exact) mass is 294 g/mol. The van der Waals surface area contributed by atoms with E-state index in [4.69, 9.17) is 4.74 Å². The molecule has 0 aliphatic carbocycles. The largest absolute Gasteiger partial charge is 0.377 e. The fraction of sp³-hybridized carbons (Fsp3) is 0.647. The van der Waals surface area contributed by atoms with Gasteiger partial charge in [0.25, 0.3) is 0 Å². The molecule has 1 N–H and O–H groups in total. The van der Waals surface area contributed by atoms with E-state index in [9.17, 15) is 4.39 Å². The molecule has 1 fully saturated rings. The van der Waals surface area contributed by atoms with Gasteiger partial charge < -0.3 is 15.0 Å². The molecule has 1 saturated heterocycles. The summed E-state index contributed by atoms with van der Waals surface area (Å²) in [7, 11) is 4.04. The summed E-state index contributed by atoms with van der Waals surface area (Å²) in [5, 5.41) is 3.27. The molecule has 0 aromatic heterocycles. The molecule has 1 aromatic rings. The molecular weight excluding hydrogens is 267 g/mol. The van der Waals surface area contributed by atoms with Gasteiger partial charge in [-0.1, -0.05) is 25.1 Å². The van der Waals surface area contributed by atoms with Crippen LogP contribution in [-0.4, -0.2) is 44.3 Å². The highest BCUT2D eigenvalue weighted by Gasteiger charge is 2.30. The second-order valence-electron chi connectivity index (χ2n) is 6.14. The Bertz CT molecular complexity index is 454. The third-order valence-electron chi connectivity index (χ3n) is 4.60. The van der Waals surface area contributed by atoms with Gasteiger partial charge in [-0.2, -0.15) is 0 Å². The van der Waals surface area contributed by atoms with Crippen LogP contribution in [0.25, 0.3) is 0 Å². The van der Waals surface area contributed by atoms with Crippen molar-refractivity contribution in [1.82, 2.24) is 10.2 Å². The van der Waals surface area contributed by atoms with Gasteiger partial charge in [0.15, 0.2) is 0 Å². The van der Waals surface area contributed by atoms with Crippen molar-refractivity contribution in [2.24, 2.45) is 5.92 Å². The van der Waals surface area contributed by atoms with Crippen molar-refractivity contribution >= 4 is 0 Å². The number of rotatable bonds is 6. The van der Waals surface area contributed by atoms with Gasteiger partial charge in [-0.25, -0.2) is 4.39 Å². The van der Waals surface area contributed by atoms with E-state index in [-0.39, 0.29) is 18.0 Å². The van der Waals surface area contributed by atoms with Crippen LogP contribution in [0, 0.1) is 11.7 Å². The summed E-state index contributed by atoms with van der Waals surface area (Å²) in [5.74, 6) is 0.175. The number of halogens is 1. The molecule has 0 radical (unpaired) electrons. The zero-order chi connectivity index (χ0) is 15.4. The molecule has 118 valence electrons. The smallest absolute Gasteiger partial charge is 0.127 e. The number of benzene rings is 1. The highest BCUT2D eigenvalue weighted by atomic mass is 19.1. The fourth-order valence-electron chi connectivity index (χ4n) is 3.47. The molecule has 0 amide bonds. The predicted molar refractivity (Wildman–Crippen MR) is 83.8 cm³/mol. The van der Waals surface area contributed by atoms with E-state index in [1.165, 1.54) is 6.07 Å². The Morgan fingerprint density at radius 3 is 2.71 bits per heavy atom. The van der Waals surface area contributed by atoms with Gasteiger partial charge >= 0.3 is 0 Å². The summed E-state index contributed by atoms with van der Waals surface area (Å²) >= 11 is 0. The van der Waals surface area contributed by atoms with Crippen LogP contribution >= 0.6 is 0 Å². The van der Waals surface area contributed by atoms with Crippen molar-refractivity contribution in [1.29, 1.82) is 0 Å². The van der Waals surface area contributed by atoms with E-state index >= 15 is 0 Å². The molecule has 1 aliphatic rings. The van der Waals surface area contributed by atoms with E-state index < -0.39 is 0 Å². The second-order valence-corrected chi connectivity index (χ2v) is 6.14. The lowest BCUT2D eigenvalue weighted by Crippen LogP contribution is -2.41. The molecule has 0 saturated carbocycles. The molecule has 3 nitrogen and oxygen atoms in total. The SMILES string of the molecule is CNC(c1ccccc1F)C(C)CN(C)C1CCOC1C. The number of nitrogens with one attached hydrogen (secondary N) is 1. The molecule has 1 aromatic carbocycles. The number of likely N-dealkylation sites (N-methyl/N-ethyl adjacent to an activating group) is 1. The van der Waals surface area contributed by atoms with E-state index in [1.807, 2.05) is 19.2 Å². The first-order chi connectivity index (χ1) is 10.0. The number of ether oxygens (including phenoxy) is 1. The fourth-order valence-corrected chi connectivity index (χ4v) is 3.47. The molecule has 2 rings (SSSR count). The molecule has 0 bridgehead atoms. The molecule has 1 aliphatic heterocycles. The molecular formula is C17H27FN2O. The van der Waals surface area contributed by atoms with Crippen LogP contribution in [0.2, 0.25) is 0 Å². The zero-order valence-electron chi connectivity index (χ0n) is 13.5. The van der Waals surface area contributed by atoms with Crippen molar-refractivity contribution in [2.45, 2.75) is 38.5 Å². The first-order valence-corrected chi connectivity index (χ1v) is 7.78. The zero-order valence-corrected chi connectivity index (χ0v) is 13.5. The van der Waals surface area contributed by atoms with Crippen LogP contribution in [0.15, 0.2) is 24.3 Å². The molecule has 1 heterocycles. The first-order valence-electron chi connectivity index (χ1n) is 7.78. The minimum absolute atomic E-state index is 0.0197. The van der Waals surface area contributed by atoms with Crippen LogP contribution in [0.3, 0.4) is 0 Å². The summed E-state index contributed by atoms with van der Waals surface area (Å²) in [6.45, 7) is 6.06. The average Bonchev–Trinajstić information content (AvgIpc) is 2.88. The van der Waals surface area contributed by atoms with Gasteiger partial charge in [0, 0.05) is 30.8 Å². The maximum Gasteiger partial charge on any atom is 0.127 e. The van der Waals surface area contributed by atoms with Crippen LogP contribution in [0.4, 0.5) is 4.39 Å². The molecule has 21 heavy (non-hydrogen) atoms. The highest BCUT2D eigenvalue weighted by molar-refractivity contribution is 5.21. The standard InChI is InChI=1S/C17H27FN2O/c1-12(11-20(4)16-9-10-21-13(16)2)17(19-3)14-7-5-6-8-15(14)18/h5-8,12-13,16-17,19H,9-11H2,1-4H3. The third-order valence-corrected chi connectivity index (χ3v) is 4.60. The van der Waals surface area contributed by atoms with Crippen molar-refractivity contribution in [3.8, 4) is 0 Å². The van der Waals surface area contributed by atoms with Crippen molar-refractivity contribution < 1.29 is 9.13 Å². The van der Waals surface area contributed by atoms with Crippen molar-refractivity contribution in [3.05, 3.63) is 35.6 Å².